The normalized spacial score (nSPS) is 18.5. The molecule has 1 aliphatic heterocycles. The number of methoxy groups -OCH3 is 1. The Kier molecular flexibility index (Phi) is 5.07. The molecule has 0 fully saturated rings. The Labute approximate surface area is 126 Å². The Morgan fingerprint density at radius 2 is 2.11 bits per heavy atom. The monoisotopic (exact) mass is 374 g/mol. The zero-order valence-electron chi connectivity index (χ0n) is 10.6. The van der Waals surface area contributed by atoms with Crippen LogP contribution in [0.25, 0.3) is 0 Å². The van der Waals surface area contributed by atoms with Gasteiger partial charge in [0.05, 0.1) is 13.2 Å². The van der Waals surface area contributed by atoms with Crippen molar-refractivity contribution in [1.29, 1.82) is 0 Å². The molecule has 1 heterocycles. The summed E-state index contributed by atoms with van der Waals surface area (Å²) in [5.74, 6) is 1.20. The van der Waals surface area contributed by atoms with Gasteiger partial charge in [-0.3, -0.25) is 0 Å². The predicted molar refractivity (Wildman–Crippen MR) is 79.0 cm³/mol. The fraction of sp³-hybridized carbons (Fsp3) is 0.357. The van der Waals surface area contributed by atoms with Gasteiger partial charge in [-0.2, -0.15) is 0 Å². The van der Waals surface area contributed by atoms with Crippen LogP contribution in [0.1, 0.15) is 18.4 Å². The van der Waals surface area contributed by atoms with Crippen LogP contribution < -0.4 is 3.07 Å². The number of halogens is 1. The largest absolute Gasteiger partial charge is 0.501 e. The van der Waals surface area contributed by atoms with Gasteiger partial charge in [0, 0.05) is 6.42 Å². The van der Waals surface area contributed by atoms with Crippen LogP contribution in [0.4, 0.5) is 0 Å². The summed E-state index contributed by atoms with van der Waals surface area (Å²) >= 11 is 1.85. The van der Waals surface area contributed by atoms with Gasteiger partial charge < -0.3 is 12.5 Å². The molecule has 0 N–H and O–H groups in total. The Morgan fingerprint density at radius 3 is 2.74 bits per heavy atom. The molecule has 0 spiro atoms. The number of cyclic esters (lactones) is 1. The lowest BCUT2D eigenvalue weighted by molar-refractivity contribution is -0.145. The number of rotatable bonds is 5. The van der Waals surface area contributed by atoms with Gasteiger partial charge in [0.15, 0.2) is 23.0 Å². The minimum atomic E-state index is -0.318. The number of carbonyl (C=O) groups is 1. The van der Waals surface area contributed by atoms with Gasteiger partial charge in [-0.1, -0.05) is 12.1 Å². The van der Waals surface area contributed by atoms with E-state index in [-0.39, 0.29) is 12.1 Å². The molecule has 4 nitrogen and oxygen atoms in total. The summed E-state index contributed by atoms with van der Waals surface area (Å²) in [5.41, 5.74) is 1.20. The number of hydrogen-bond donors (Lipinski definition) is 0. The van der Waals surface area contributed by atoms with Gasteiger partial charge in [0.1, 0.15) is 17.6 Å². The van der Waals surface area contributed by atoms with E-state index in [1.807, 2.05) is 47.3 Å². The highest BCUT2D eigenvalue weighted by Gasteiger charge is 2.21. The van der Waals surface area contributed by atoms with Gasteiger partial charge in [0.2, 0.25) is 0 Å². The molecule has 0 bridgehead atoms. The number of aryl methyl sites for hydroxylation is 1. The van der Waals surface area contributed by atoms with Crippen molar-refractivity contribution < 1.29 is 17.3 Å². The summed E-state index contributed by atoms with van der Waals surface area (Å²) in [4.78, 5) is 11.3. The summed E-state index contributed by atoms with van der Waals surface area (Å²) in [6.45, 7) is 0. The SMILES string of the molecule is COC1=CC(=O)OC(CCc2ccc(OI)cc2)C1. The lowest BCUT2D eigenvalue weighted by Crippen LogP contribution is -2.23. The summed E-state index contributed by atoms with van der Waals surface area (Å²) in [6, 6.07) is 7.89. The number of esters is 1. The maximum atomic E-state index is 11.3. The average molecular weight is 374 g/mol. The first-order valence-corrected chi connectivity index (χ1v) is 6.92. The first-order valence-electron chi connectivity index (χ1n) is 6.04. The molecular weight excluding hydrogens is 359 g/mol. The van der Waals surface area contributed by atoms with Crippen LogP contribution in [-0.2, 0) is 20.7 Å². The molecule has 0 saturated carbocycles. The molecule has 0 aliphatic carbocycles. The molecule has 19 heavy (non-hydrogen) atoms. The van der Waals surface area contributed by atoms with Crippen molar-refractivity contribution in [3.05, 3.63) is 41.7 Å². The summed E-state index contributed by atoms with van der Waals surface area (Å²) in [7, 11) is 1.57. The maximum Gasteiger partial charge on any atom is 0.334 e. The minimum absolute atomic E-state index is 0.104. The Bertz CT molecular complexity index is 467. The van der Waals surface area contributed by atoms with Crippen LogP contribution in [0.3, 0.4) is 0 Å². The molecule has 1 unspecified atom stereocenters. The van der Waals surface area contributed by atoms with E-state index >= 15 is 0 Å². The average Bonchev–Trinajstić information content (AvgIpc) is 2.45. The molecule has 102 valence electrons. The van der Waals surface area contributed by atoms with Crippen LogP contribution in [0.5, 0.6) is 5.75 Å². The molecule has 0 saturated heterocycles. The number of ether oxygens (including phenoxy) is 2. The van der Waals surface area contributed by atoms with Crippen molar-refractivity contribution in [3.63, 3.8) is 0 Å². The van der Waals surface area contributed by atoms with E-state index in [0.29, 0.717) is 12.2 Å². The molecule has 0 radical (unpaired) electrons. The third-order valence-electron chi connectivity index (χ3n) is 3.02. The third-order valence-corrected chi connectivity index (χ3v) is 3.53. The minimum Gasteiger partial charge on any atom is -0.501 e. The van der Waals surface area contributed by atoms with Crippen LogP contribution in [-0.4, -0.2) is 19.2 Å². The van der Waals surface area contributed by atoms with Crippen molar-refractivity contribution >= 4 is 29.0 Å². The standard InChI is InChI=1S/C14H15IO4/c1-17-13-8-12(18-14(16)9-13)7-4-10-2-5-11(19-15)6-3-10/h2-3,5-6,9,12H,4,7-8H2,1H3. The van der Waals surface area contributed by atoms with E-state index in [4.69, 9.17) is 12.5 Å². The molecule has 0 amide bonds. The van der Waals surface area contributed by atoms with E-state index in [1.165, 1.54) is 11.6 Å². The highest BCUT2D eigenvalue weighted by atomic mass is 127. The molecule has 5 heteroatoms. The molecule has 2 rings (SSSR count). The van der Waals surface area contributed by atoms with Gasteiger partial charge in [-0.05, 0) is 30.5 Å². The highest BCUT2D eigenvalue weighted by molar-refractivity contribution is 14.1. The van der Waals surface area contributed by atoms with E-state index in [0.717, 1.165) is 18.6 Å². The molecule has 0 aromatic heterocycles. The number of hydrogen-bond acceptors (Lipinski definition) is 4. The second-order valence-corrected chi connectivity index (χ2v) is 4.78. The van der Waals surface area contributed by atoms with Crippen LogP contribution >= 0.6 is 23.0 Å². The van der Waals surface area contributed by atoms with Crippen molar-refractivity contribution in [2.45, 2.75) is 25.4 Å². The van der Waals surface area contributed by atoms with Gasteiger partial charge in [-0.25, -0.2) is 4.79 Å². The summed E-state index contributed by atoms with van der Waals surface area (Å²) < 4.78 is 15.5. The molecular formula is C14H15IO4. The van der Waals surface area contributed by atoms with Crippen molar-refractivity contribution in [3.8, 4) is 5.75 Å². The zero-order chi connectivity index (χ0) is 13.7. The second kappa shape index (κ2) is 6.79. The fourth-order valence-electron chi connectivity index (χ4n) is 1.99. The predicted octanol–water partition coefficient (Wildman–Crippen LogP) is 3.19. The Hall–Kier alpha value is -1.24. The Morgan fingerprint density at radius 1 is 1.37 bits per heavy atom. The summed E-state index contributed by atoms with van der Waals surface area (Å²) in [5, 5.41) is 0. The first-order chi connectivity index (χ1) is 9.21. The second-order valence-electron chi connectivity index (χ2n) is 4.34. The van der Waals surface area contributed by atoms with E-state index < -0.39 is 0 Å². The highest BCUT2D eigenvalue weighted by Crippen LogP contribution is 2.21. The van der Waals surface area contributed by atoms with Gasteiger partial charge in [-0.15, -0.1) is 0 Å². The molecule has 1 aromatic rings. The quantitative estimate of drug-likeness (QED) is 0.587. The van der Waals surface area contributed by atoms with Gasteiger partial charge in [0.25, 0.3) is 0 Å². The Balaban J connectivity index is 1.88. The molecule has 1 aromatic carbocycles. The lowest BCUT2D eigenvalue weighted by Gasteiger charge is -2.22. The first kappa shape index (κ1) is 14.2. The van der Waals surface area contributed by atoms with E-state index in [1.54, 1.807) is 7.11 Å². The smallest absolute Gasteiger partial charge is 0.334 e. The van der Waals surface area contributed by atoms with Crippen molar-refractivity contribution in [2.24, 2.45) is 0 Å². The molecule has 1 atom stereocenters. The van der Waals surface area contributed by atoms with Crippen LogP contribution in [0, 0.1) is 0 Å². The van der Waals surface area contributed by atoms with E-state index in [9.17, 15) is 4.79 Å². The number of benzene rings is 1. The maximum absolute atomic E-state index is 11.3. The third kappa shape index (κ3) is 4.12. The lowest BCUT2D eigenvalue weighted by atomic mass is 10.0. The fourth-order valence-corrected chi connectivity index (χ4v) is 2.29. The number of carbonyl (C=O) groups excluding carboxylic acids is 1. The van der Waals surface area contributed by atoms with Crippen LogP contribution in [0.15, 0.2) is 36.1 Å². The topological polar surface area (TPSA) is 44.8 Å². The van der Waals surface area contributed by atoms with Crippen molar-refractivity contribution in [2.75, 3.05) is 7.11 Å². The summed E-state index contributed by atoms with van der Waals surface area (Å²) in [6.07, 6.45) is 3.60. The van der Waals surface area contributed by atoms with Crippen molar-refractivity contribution in [1.82, 2.24) is 0 Å². The van der Waals surface area contributed by atoms with Crippen LogP contribution in [0.2, 0.25) is 0 Å². The van der Waals surface area contributed by atoms with Gasteiger partial charge >= 0.3 is 5.97 Å². The molecule has 1 aliphatic rings. The zero-order valence-corrected chi connectivity index (χ0v) is 12.8. The van der Waals surface area contributed by atoms with E-state index in [2.05, 4.69) is 0 Å².